The Balaban J connectivity index is 2.79. The predicted octanol–water partition coefficient (Wildman–Crippen LogP) is 1.96. The maximum absolute atomic E-state index is 13.0. The maximum Gasteiger partial charge on any atom is 0.253 e. The molecule has 0 aliphatic rings. The summed E-state index contributed by atoms with van der Waals surface area (Å²) in [6.45, 7) is 1.84. The van der Waals surface area contributed by atoms with Crippen molar-refractivity contribution in [2.45, 2.75) is 19.4 Å². The van der Waals surface area contributed by atoms with Gasteiger partial charge in [0.05, 0.1) is 4.99 Å². The van der Waals surface area contributed by atoms with Crippen LogP contribution in [0.1, 0.15) is 23.7 Å². The number of hydrogen-bond acceptors (Lipinski definition) is 2. The Kier molecular flexibility index (Phi) is 4.57. The van der Waals surface area contributed by atoms with Gasteiger partial charge >= 0.3 is 0 Å². The van der Waals surface area contributed by atoms with Crippen molar-refractivity contribution in [3.8, 4) is 0 Å². The number of halogens is 1. The van der Waals surface area contributed by atoms with Crippen molar-refractivity contribution in [1.29, 1.82) is 0 Å². The highest BCUT2D eigenvalue weighted by Gasteiger charge is 2.18. The number of carbonyl (C=O) groups excluding carboxylic acids is 1. The zero-order valence-electron chi connectivity index (χ0n) is 9.81. The molecule has 17 heavy (non-hydrogen) atoms. The second kappa shape index (κ2) is 5.72. The molecule has 1 amide bonds. The van der Waals surface area contributed by atoms with Crippen molar-refractivity contribution in [3.05, 3.63) is 35.6 Å². The summed E-state index contributed by atoms with van der Waals surface area (Å²) in [6, 6.07) is 5.49. The van der Waals surface area contributed by atoms with E-state index in [0.29, 0.717) is 17.0 Å². The number of benzene rings is 1. The Morgan fingerprint density at radius 3 is 2.76 bits per heavy atom. The van der Waals surface area contributed by atoms with E-state index in [1.54, 1.807) is 13.1 Å². The summed E-state index contributed by atoms with van der Waals surface area (Å²) in [5, 5.41) is 0. The number of rotatable bonds is 4. The molecule has 1 unspecified atom stereocenters. The molecule has 5 heteroatoms. The molecule has 0 saturated heterocycles. The van der Waals surface area contributed by atoms with Crippen molar-refractivity contribution in [2.24, 2.45) is 5.73 Å². The number of thiocarbonyl (C=S) groups is 1. The largest absolute Gasteiger partial charge is 0.393 e. The van der Waals surface area contributed by atoms with E-state index in [2.05, 4.69) is 0 Å². The van der Waals surface area contributed by atoms with Crippen LogP contribution in [-0.2, 0) is 0 Å². The molecule has 2 N–H and O–H groups in total. The Hall–Kier alpha value is -1.49. The molecule has 0 bridgehead atoms. The molecule has 0 fully saturated rings. The highest BCUT2D eigenvalue weighted by molar-refractivity contribution is 7.80. The minimum absolute atomic E-state index is 0.108. The van der Waals surface area contributed by atoms with Crippen LogP contribution in [0.2, 0.25) is 0 Å². The number of amides is 1. The smallest absolute Gasteiger partial charge is 0.253 e. The van der Waals surface area contributed by atoms with Gasteiger partial charge in [-0.3, -0.25) is 4.79 Å². The van der Waals surface area contributed by atoms with Crippen molar-refractivity contribution < 1.29 is 9.18 Å². The molecule has 3 nitrogen and oxygen atoms in total. The molecule has 0 aliphatic heterocycles. The molecule has 0 aliphatic carbocycles. The molecule has 0 aromatic heterocycles. The highest BCUT2D eigenvalue weighted by Crippen LogP contribution is 2.10. The SMILES string of the molecule is CC(CC(N)=S)N(C)C(=O)c1cccc(F)c1. The highest BCUT2D eigenvalue weighted by atomic mass is 32.1. The third-order valence-electron chi connectivity index (χ3n) is 2.55. The summed E-state index contributed by atoms with van der Waals surface area (Å²) in [6.07, 6.45) is 0.451. The molecule has 1 aromatic rings. The van der Waals surface area contributed by atoms with Gasteiger partial charge in [0.25, 0.3) is 5.91 Å². The second-order valence-corrected chi connectivity index (χ2v) is 4.47. The molecule has 1 aromatic carbocycles. The number of carbonyl (C=O) groups is 1. The van der Waals surface area contributed by atoms with Crippen LogP contribution in [-0.4, -0.2) is 28.9 Å². The molecule has 1 rings (SSSR count). The van der Waals surface area contributed by atoms with Crippen molar-refractivity contribution >= 4 is 23.1 Å². The van der Waals surface area contributed by atoms with Gasteiger partial charge in [0, 0.05) is 25.1 Å². The van der Waals surface area contributed by atoms with E-state index in [9.17, 15) is 9.18 Å². The van der Waals surface area contributed by atoms with E-state index in [4.69, 9.17) is 18.0 Å². The van der Waals surface area contributed by atoms with Crippen molar-refractivity contribution in [2.75, 3.05) is 7.05 Å². The standard InChI is InChI=1S/C12H15FN2OS/c1-8(6-11(14)17)15(2)12(16)9-4-3-5-10(13)7-9/h3-5,7-8H,6H2,1-2H3,(H2,14,17). The van der Waals surface area contributed by atoms with Crippen LogP contribution in [0, 0.1) is 5.82 Å². The van der Waals surface area contributed by atoms with E-state index in [1.807, 2.05) is 6.92 Å². The van der Waals surface area contributed by atoms with Gasteiger partial charge in [0.15, 0.2) is 0 Å². The second-order valence-electron chi connectivity index (χ2n) is 3.95. The number of nitrogens with zero attached hydrogens (tertiary/aromatic N) is 1. The van der Waals surface area contributed by atoms with Gasteiger partial charge in [-0.05, 0) is 25.1 Å². The Labute approximate surface area is 105 Å². The minimum atomic E-state index is -0.425. The fourth-order valence-electron chi connectivity index (χ4n) is 1.45. The summed E-state index contributed by atoms with van der Waals surface area (Å²) in [5.74, 6) is -0.667. The molecule has 0 radical (unpaired) electrons. The van der Waals surface area contributed by atoms with Crippen molar-refractivity contribution in [1.82, 2.24) is 4.90 Å². The average Bonchev–Trinajstić information content (AvgIpc) is 2.26. The Morgan fingerprint density at radius 2 is 2.24 bits per heavy atom. The van der Waals surface area contributed by atoms with Crippen LogP contribution in [0.3, 0.4) is 0 Å². The van der Waals surface area contributed by atoms with Crippen LogP contribution in [0.25, 0.3) is 0 Å². The zero-order valence-corrected chi connectivity index (χ0v) is 10.6. The first-order chi connectivity index (χ1) is 7.91. The third kappa shape index (κ3) is 3.78. The third-order valence-corrected chi connectivity index (χ3v) is 2.72. The summed E-state index contributed by atoms with van der Waals surface area (Å²) < 4.78 is 13.0. The van der Waals surface area contributed by atoms with E-state index in [0.717, 1.165) is 0 Å². The summed E-state index contributed by atoms with van der Waals surface area (Å²) in [7, 11) is 1.65. The number of hydrogen-bond donors (Lipinski definition) is 1. The van der Waals surface area contributed by atoms with Gasteiger partial charge < -0.3 is 10.6 Å². The first kappa shape index (κ1) is 13.6. The minimum Gasteiger partial charge on any atom is -0.393 e. The van der Waals surface area contributed by atoms with Gasteiger partial charge in [0.1, 0.15) is 5.82 Å². The number of nitrogens with two attached hydrogens (primary N) is 1. The Bertz CT molecular complexity index is 436. The molecule has 92 valence electrons. The van der Waals surface area contributed by atoms with Gasteiger partial charge in [-0.2, -0.15) is 0 Å². The molecule has 1 atom stereocenters. The van der Waals surface area contributed by atoms with E-state index >= 15 is 0 Å². The van der Waals surface area contributed by atoms with Gasteiger partial charge in [0.2, 0.25) is 0 Å². The average molecular weight is 254 g/mol. The zero-order chi connectivity index (χ0) is 13.0. The predicted molar refractivity (Wildman–Crippen MR) is 69.4 cm³/mol. The van der Waals surface area contributed by atoms with Crippen LogP contribution >= 0.6 is 12.2 Å². The van der Waals surface area contributed by atoms with Crippen molar-refractivity contribution in [3.63, 3.8) is 0 Å². The molecule has 0 saturated carbocycles. The fourth-order valence-corrected chi connectivity index (χ4v) is 1.69. The quantitative estimate of drug-likeness (QED) is 0.836. The normalized spacial score (nSPS) is 11.9. The molecular weight excluding hydrogens is 239 g/mol. The van der Waals surface area contributed by atoms with Crippen LogP contribution in [0.5, 0.6) is 0 Å². The topological polar surface area (TPSA) is 46.3 Å². The monoisotopic (exact) mass is 254 g/mol. The fraction of sp³-hybridized carbons (Fsp3) is 0.333. The maximum atomic E-state index is 13.0. The van der Waals surface area contributed by atoms with Gasteiger partial charge in [-0.15, -0.1) is 0 Å². The van der Waals surface area contributed by atoms with Crippen LogP contribution < -0.4 is 5.73 Å². The lowest BCUT2D eigenvalue weighted by Crippen LogP contribution is -2.37. The first-order valence-electron chi connectivity index (χ1n) is 5.23. The first-order valence-corrected chi connectivity index (χ1v) is 5.63. The Morgan fingerprint density at radius 1 is 1.59 bits per heavy atom. The lowest BCUT2D eigenvalue weighted by Gasteiger charge is -2.24. The molecular formula is C12H15FN2OS. The van der Waals surface area contributed by atoms with Crippen LogP contribution in [0.15, 0.2) is 24.3 Å². The lowest BCUT2D eigenvalue weighted by atomic mass is 10.1. The van der Waals surface area contributed by atoms with E-state index in [-0.39, 0.29) is 11.9 Å². The summed E-state index contributed by atoms with van der Waals surface area (Å²) in [4.78, 5) is 13.9. The van der Waals surface area contributed by atoms with E-state index in [1.165, 1.54) is 23.1 Å². The van der Waals surface area contributed by atoms with E-state index < -0.39 is 5.82 Å². The lowest BCUT2D eigenvalue weighted by molar-refractivity contribution is 0.0747. The van der Waals surface area contributed by atoms with Crippen LogP contribution in [0.4, 0.5) is 4.39 Å². The van der Waals surface area contributed by atoms with Gasteiger partial charge in [-0.25, -0.2) is 4.39 Å². The molecule has 0 heterocycles. The van der Waals surface area contributed by atoms with Gasteiger partial charge in [-0.1, -0.05) is 18.3 Å². The summed E-state index contributed by atoms with van der Waals surface area (Å²) >= 11 is 4.79. The molecule has 0 spiro atoms. The summed E-state index contributed by atoms with van der Waals surface area (Å²) in [5.41, 5.74) is 5.75.